The Labute approximate surface area is 90.0 Å². The van der Waals surface area contributed by atoms with Crippen molar-refractivity contribution in [3.8, 4) is 0 Å². The van der Waals surface area contributed by atoms with E-state index in [1.807, 2.05) is 0 Å². The molecule has 84 valence electrons. The SMILES string of the molecule is O=C(C1CCNC1)N1CC2COCC2C1. The van der Waals surface area contributed by atoms with Gasteiger partial charge in [0.2, 0.25) is 5.91 Å². The number of ether oxygens (including phenoxy) is 1. The van der Waals surface area contributed by atoms with E-state index in [0.29, 0.717) is 17.7 Å². The number of nitrogens with zero attached hydrogens (tertiary/aromatic N) is 1. The summed E-state index contributed by atoms with van der Waals surface area (Å²) < 4.78 is 5.41. The Morgan fingerprint density at radius 2 is 2.00 bits per heavy atom. The predicted octanol–water partition coefficient (Wildman–Crippen LogP) is -0.299. The van der Waals surface area contributed by atoms with Gasteiger partial charge < -0.3 is 15.0 Å². The summed E-state index contributed by atoms with van der Waals surface area (Å²) in [4.78, 5) is 14.2. The molecule has 3 aliphatic heterocycles. The van der Waals surface area contributed by atoms with Crippen LogP contribution in [0.25, 0.3) is 0 Å². The van der Waals surface area contributed by atoms with E-state index < -0.39 is 0 Å². The van der Waals surface area contributed by atoms with Crippen molar-refractivity contribution in [2.45, 2.75) is 6.42 Å². The van der Waals surface area contributed by atoms with E-state index in [2.05, 4.69) is 10.2 Å². The standard InChI is InChI=1S/C11H18N2O2/c14-11(8-1-2-12-3-8)13-4-9-6-15-7-10(9)5-13/h8-10,12H,1-7H2. The Morgan fingerprint density at radius 1 is 1.27 bits per heavy atom. The molecular weight excluding hydrogens is 192 g/mol. The molecule has 1 amide bonds. The van der Waals surface area contributed by atoms with Crippen LogP contribution in [0, 0.1) is 17.8 Å². The number of likely N-dealkylation sites (tertiary alicyclic amines) is 1. The zero-order chi connectivity index (χ0) is 10.3. The van der Waals surface area contributed by atoms with Crippen LogP contribution in [0.4, 0.5) is 0 Å². The lowest BCUT2D eigenvalue weighted by molar-refractivity contribution is -0.134. The van der Waals surface area contributed by atoms with E-state index in [1.54, 1.807) is 0 Å². The minimum absolute atomic E-state index is 0.241. The lowest BCUT2D eigenvalue weighted by Crippen LogP contribution is -2.36. The van der Waals surface area contributed by atoms with Crippen LogP contribution < -0.4 is 5.32 Å². The maximum absolute atomic E-state index is 12.1. The summed E-state index contributed by atoms with van der Waals surface area (Å²) in [6, 6.07) is 0. The number of amides is 1. The molecule has 4 nitrogen and oxygen atoms in total. The molecule has 15 heavy (non-hydrogen) atoms. The van der Waals surface area contributed by atoms with Crippen molar-refractivity contribution < 1.29 is 9.53 Å². The van der Waals surface area contributed by atoms with E-state index in [9.17, 15) is 4.79 Å². The van der Waals surface area contributed by atoms with Gasteiger partial charge in [-0.2, -0.15) is 0 Å². The molecule has 3 heterocycles. The van der Waals surface area contributed by atoms with Gasteiger partial charge in [-0.3, -0.25) is 4.79 Å². The van der Waals surface area contributed by atoms with Crippen LogP contribution >= 0.6 is 0 Å². The Morgan fingerprint density at radius 3 is 2.60 bits per heavy atom. The second kappa shape index (κ2) is 3.76. The molecule has 1 N–H and O–H groups in total. The first-order valence-electron chi connectivity index (χ1n) is 5.92. The molecule has 4 heteroatoms. The van der Waals surface area contributed by atoms with Crippen molar-refractivity contribution in [1.82, 2.24) is 10.2 Å². The molecule has 0 aliphatic carbocycles. The molecule has 0 radical (unpaired) electrons. The molecule has 0 aromatic heterocycles. The van der Waals surface area contributed by atoms with Gasteiger partial charge in [0.15, 0.2) is 0 Å². The largest absolute Gasteiger partial charge is 0.381 e. The molecule has 0 aromatic carbocycles. The van der Waals surface area contributed by atoms with Crippen molar-refractivity contribution in [3.05, 3.63) is 0 Å². The lowest BCUT2D eigenvalue weighted by atomic mass is 10.0. The second-order valence-corrected chi connectivity index (χ2v) is 4.99. The molecule has 0 saturated carbocycles. The topological polar surface area (TPSA) is 41.6 Å². The number of hydrogen-bond donors (Lipinski definition) is 1. The maximum atomic E-state index is 12.1. The summed E-state index contributed by atoms with van der Waals surface area (Å²) in [5, 5.41) is 3.25. The van der Waals surface area contributed by atoms with Gasteiger partial charge in [-0.05, 0) is 13.0 Å². The molecular formula is C11H18N2O2. The second-order valence-electron chi connectivity index (χ2n) is 4.99. The van der Waals surface area contributed by atoms with Gasteiger partial charge in [-0.1, -0.05) is 0 Å². The highest BCUT2D eigenvalue weighted by Gasteiger charge is 2.40. The highest BCUT2D eigenvalue weighted by Crippen LogP contribution is 2.30. The summed E-state index contributed by atoms with van der Waals surface area (Å²) in [6.07, 6.45) is 1.02. The zero-order valence-electron chi connectivity index (χ0n) is 8.95. The average Bonchev–Trinajstić information content (AvgIpc) is 2.92. The maximum Gasteiger partial charge on any atom is 0.227 e. The monoisotopic (exact) mass is 210 g/mol. The Bertz CT molecular complexity index is 251. The molecule has 3 atom stereocenters. The fraction of sp³-hybridized carbons (Fsp3) is 0.909. The van der Waals surface area contributed by atoms with Crippen LogP contribution in [0.2, 0.25) is 0 Å². The van der Waals surface area contributed by atoms with E-state index in [-0.39, 0.29) is 5.92 Å². The van der Waals surface area contributed by atoms with Crippen molar-refractivity contribution in [2.75, 3.05) is 39.4 Å². The first-order valence-corrected chi connectivity index (χ1v) is 5.92. The van der Waals surface area contributed by atoms with Gasteiger partial charge in [0.05, 0.1) is 19.1 Å². The third-order valence-corrected chi connectivity index (χ3v) is 3.96. The predicted molar refractivity (Wildman–Crippen MR) is 55.4 cm³/mol. The highest BCUT2D eigenvalue weighted by atomic mass is 16.5. The van der Waals surface area contributed by atoms with Crippen molar-refractivity contribution in [2.24, 2.45) is 17.8 Å². The number of nitrogens with one attached hydrogen (secondary N) is 1. The molecule has 3 fully saturated rings. The third kappa shape index (κ3) is 1.66. The number of rotatable bonds is 1. The number of carbonyl (C=O) groups is 1. The Kier molecular flexibility index (Phi) is 2.41. The van der Waals surface area contributed by atoms with Crippen LogP contribution in [0.5, 0.6) is 0 Å². The van der Waals surface area contributed by atoms with E-state index in [4.69, 9.17) is 4.74 Å². The fourth-order valence-corrected chi connectivity index (χ4v) is 2.99. The summed E-state index contributed by atoms with van der Waals surface area (Å²) in [7, 11) is 0. The van der Waals surface area contributed by atoms with Crippen LogP contribution in [0.1, 0.15) is 6.42 Å². The van der Waals surface area contributed by atoms with Crippen molar-refractivity contribution in [3.63, 3.8) is 0 Å². The van der Waals surface area contributed by atoms with Gasteiger partial charge in [0, 0.05) is 31.5 Å². The summed E-state index contributed by atoms with van der Waals surface area (Å²) >= 11 is 0. The Balaban J connectivity index is 1.61. The highest BCUT2D eigenvalue weighted by molar-refractivity contribution is 5.79. The summed E-state index contributed by atoms with van der Waals surface area (Å²) in [5.74, 6) is 1.84. The van der Waals surface area contributed by atoms with Gasteiger partial charge in [-0.15, -0.1) is 0 Å². The van der Waals surface area contributed by atoms with Crippen LogP contribution in [0.3, 0.4) is 0 Å². The first-order chi connectivity index (χ1) is 7.34. The molecule has 3 unspecified atom stereocenters. The van der Waals surface area contributed by atoms with Gasteiger partial charge in [0.1, 0.15) is 0 Å². The Hall–Kier alpha value is -0.610. The van der Waals surface area contributed by atoms with Gasteiger partial charge in [-0.25, -0.2) is 0 Å². The summed E-state index contributed by atoms with van der Waals surface area (Å²) in [5.41, 5.74) is 0. The molecule has 0 spiro atoms. The minimum Gasteiger partial charge on any atom is -0.381 e. The molecule has 3 rings (SSSR count). The first kappa shape index (κ1) is 9.60. The molecule has 3 aliphatic rings. The summed E-state index contributed by atoms with van der Waals surface area (Å²) in [6.45, 7) is 5.45. The number of carbonyl (C=O) groups excluding carboxylic acids is 1. The van der Waals surface area contributed by atoms with Crippen LogP contribution in [-0.4, -0.2) is 50.2 Å². The fourth-order valence-electron chi connectivity index (χ4n) is 2.99. The zero-order valence-corrected chi connectivity index (χ0v) is 8.95. The van der Waals surface area contributed by atoms with Gasteiger partial charge in [0.25, 0.3) is 0 Å². The quantitative estimate of drug-likeness (QED) is 0.646. The molecule has 0 bridgehead atoms. The number of fused-ring (bicyclic) bond motifs is 1. The van der Waals surface area contributed by atoms with Gasteiger partial charge >= 0.3 is 0 Å². The minimum atomic E-state index is 0.241. The van der Waals surface area contributed by atoms with E-state index in [1.165, 1.54) is 0 Å². The smallest absolute Gasteiger partial charge is 0.227 e. The third-order valence-electron chi connectivity index (χ3n) is 3.96. The van der Waals surface area contributed by atoms with Crippen LogP contribution in [-0.2, 0) is 9.53 Å². The number of hydrogen-bond acceptors (Lipinski definition) is 3. The lowest BCUT2D eigenvalue weighted by Gasteiger charge is -2.20. The van der Waals surface area contributed by atoms with Crippen LogP contribution in [0.15, 0.2) is 0 Å². The van der Waals surface area contributed by atoms with Crippen molar-refractivity contribution in [1.29, 1.82) is 0 Å². The van der Waals surface area contributed by atoms with Crippen molar-refractivity contribution >= 4 is 5.91 Å². The van der Waals surface area contributed by atoms with E-state index >= 15 is 0 Å². The normalized spacial score (nSPS) is 39.7. The molecule has 0 aromatic rings. The molecule has 3 saturated heterocycles. The average molecular weight is 210 g/mol. The van der Waals surface area contributed by atoms with E-state index in [0.717, 1.165) is 45.8 Å².